The Morgan fingerprint density at radius 1 is 1.02 bits per heavy atom. The van der Waals surface area contributed by atoms with E-state index in [2.05, 4.69) is 55.3 Å². The van der Waals surface area contributed by atoms with E-state index < -0.39 is 11.9 Å². The molecule has 208 valence electrons. The van der Waals surface area contributed by atoms with E-state index in [1.54, 1.807) is 30.5 Å². The number of benzene rings is 2. The summed E-state index contributed by atoms with van der Waals surface area (Å²) in [4.78, 5) is 29.1. The minimum Gasteiger partial charge on any atom is -0.508 e. The number of pyridine rings is 1. The van der Waals surface area contributed by atoms with Crippen molar-refractivity contribution < 1.29 is 14.7 Å². The first kappa shape index (κ1) is 28.7. The molecule has 2 atom stereocenters. The van der Waals surface area contributed by atoms with Gasteiger partial charge in [0.2, 0.25) is 11.8 Å². The maximum Gasteiger partial charge on any atom is 0.240 e. The van der Waals surface area contributed by atoms with Crippen LogP contribution < -0.4 is 15.6 Å². The van der Waals surface area contributed by atoms with Gasteiger partial charge >= 0.3 is 0 Å². The van der Waals surface area contributed by atoms with Crippen molar-refractivity contribution in [3.8, 4) is 5.75 Å². The van der Waals surface area contributed by atoms with Crippen molar-refractivity contribution in [1.82, 2.24) is 14.9 Å². The predicted octanol–water partition coefficient (Wildman–Crippen LogP) is 4.82. The highest BCUT2D eigenvalue weighted by atomic mass is 16.3. The average Bonchev–Trinajstić information content (AvgIpc) is 3.37. The Morgan fingerprint density at radius 2 is 1.75 bits per heavy atom. The van der Waals surface area contributed by atoms with Gasteiger partial charge in [-0.2, -0.15) is 0 Å². The molecule has 0 radical (unpaired) electrons. The number of nitrogens with one attached hydrogen (secondary N) is 1. The van der Waals surface area contributed by atoms with Gasteiger partial charge in [0.1, 0.15) is 18.3 Å². The van der Waals surface area contributed by atoms with Crippen molar-refractivity contribution in [2.24, 2.45) is 10.8 Å². The van der Waals surface area contributed by atoms with Crippen molar-refractivity contribution in [2.45, 2.75) is 57.9 Å². The first-order valence-corrected chi connectivity index (χ1v) is 13.6. The Morgan fingerprint density at radius 3 is 2.38 bits per heavy atom. The molecule has 2 aromatic carbocycles. The number of phenols is 1. The fraction of sp³-hybridized carbons (Fsp3) is 0.312. The second-order valence-electron chi connectivity index (χ2n) is 11.2. The number of primary amides is 1. The monoisotopic (exact) mass is 540 g/mol. The van der Waals surface area contributed by atoms with E-state index in [1.807, 2.05) is 30.6 Å². The number of nitrogens with zero attached hydrogens (tertiary/aromatic N) is 3. The molecule has 0 spiro atoms. The minimum absolute atomic E-state index is 0.0398. The van der Waals surface area contributed by atoms with Crippen LogP contribution in [0.4, 0.5) is 5.69 Å². The third-order valence-corrected chi connectivity index (χ3v) is 7.20. The van der Waals surface area contributed by atoms with E-state index in [4.69, 9.17) is 10.8 Å². The zero-order valence-electron chi connectivity index (χ0n) is 23.4. The van der Waals surface area contributed by atoms with Gasteiger partial charge in [-0.25, -0.2) is 0 Å². The molecule has 0 aliphatic carbocycles. The van der Waals surface area contributed by atoms with E-state index >= 15 is 0 Å². The van der Waals surface area contributed by atoms with Gasteiger partial charge in [0, 0.05) is 49.9 Å². The maximum absolute atomic E-state index is 12.8. The SMILES string of the molecule is CC(C)(C)c1ccc([N+]2(CCCCC(=O)N[C@@H](Cc3ccc(O)cc3)C(N)=O)N=CC=C2c2cccnc2)cc1. The Labute approximate surface area is 235 Å². The summed E-state index contributed by atoms with van der Waals surface area (Å²) in [6, 6.07) is 18.2. The van der Waals surface area contributed by atoms with Gasteiger partial charge in [0.25, 0.3) is 0 Å². The molecule has 2 amide bonds. The number of hydrogen-bond acceptors (Lipinski definition) is 5. The topological polar surface area (TPSA) is 118 Å². The molecule has 1 aliphatic rings. The van der Waals surface area contributed by atoms with Crippen LogP contribution in [0.25, 0.3) is 5.70 Å². The summed E-state index contributed by atoms with van der Waals surface area (Å²) in [5.41, 5.74) is 10.7. The summed E-state index contributed by atoms with van der Waals surface area (Å²) in [6.45, 7) is 7.24. The molecular weight excluding hydrogens is 502 g/mol. The molecule has 3 aromatic rings. The van der Waals surface area contributed by atoms with Crippen LogP contribution in [0, 0.1) is 0 Å². The van der Waals surface area contributed by atoms with Crippen molar-refractivity contribution in [3.63, 3.8) is 0 Å². The molecule has 2 heterocycles. The van der Waals surface area contributed by atoms with E-state index in [1.165, 1.54) is 5.56 Å². The van der Waals surface area contributed by atoms with Crippen molar-refractivity contribution in [2.75, 3.05) is 6.54 Å². The number of aromatic nitrogens is 1. The van der Waals surface area contributed by atoms with Gasteiger partial charge in [0.15, 0.2) is 11.4 Å². The average molecular weight is 541 g/mol. The number of carbonyl (C=O) groups excluding carboxylic acids is 2. The van der Waals surface area contributed by atoms with Crippen LogP contribution in [0.15, 0.2) is 84.2 Å². The summed E-state index contributed by atoms with van der Waals surface area (Å²) >= 11 is 0. The number of amides is 2. The molecule has 4 rings (SSSR count). The van der Waals surface area contributed by atoms with E-state index in [9.17, 15) is 14.7 Å². The Bertz CT molecular complexity index is 1380. The van der Waals surface area contributed by atoms with E-state index in [0.717, 1.165) is 28.9 Å². The fourth-order valence-electron chi connectivity index (χ4n) is 4.93. The second-order valence-corrected chi connectivity index (χ2v) is 11.2. The largest absolute Gasteiger partial charge is 0.508 e. The quantitative estimate of drug-likeness (QED) is 0.239. The summed E-state index contributed by atoms with van der Waals surface area (Å²) in [5.74, 6) is -0.684. The molecule has 0 saturated heterocycles. The van der Waals surface area contributed by atoms with Crippen LogP contribution in [0.2, 0.25) is 0 Å². The number of phenolic OH excluding ortho intramolecular Hbond substituents is 1. The highest BCUT2D eigenvalue weighted by molar-refractivity contribution is 5.93. The lowest BCUT2D eigenvalue weighted by Crippen LogP contribution is -2.46. The fourth-order valence-corrected chi connectivity index (χ4v) is 4.93. The van der Waals surface area contributed by atoms with Crippen molar-refractivity contribution in [1.29, 1.82) is 0 Å². The van der Waals surface area contributed by atoms with Crippen LogP contribution in [0.5, 0.6) is 5.75 Å². The van der Waals surface area contributed by atoms with Crippen LogP contribution in [0.3, 0.4) is 0 Å². The van der Waals surface area contributed by atoms with Crippen LogP contribution in [-0.4, -0.2) is 40.7 Å². The smallest absolute Gasteiger partial charge is 0.240 e. The number of hydrogen-bond donors (Lipinski definition) is 3. The molecule has 8 nitrogen and oxygen atoms in total. The summed E-state index contributed by atoms with van der Waals surface area (Å²) in [6.07, 6.45) is 9.34. The van der Waals surface area contributed by atoms with Gasteiger partial charge < -0.3 is 16.2 Å². The lowest BCUT2D eigenvalue weighted by Gasteiger charge is -2.31. The Hall–Kier alpha value is -4.30. The molecule has 1 aliphatic heterocycles. The zero-order valence-corrected chi connectivity index (χ0v) is 23.4. The van der Waals surface area contributed by atoms with Crippen molar-refractivity contribution in [3.05, 3.63) is 95.8 Å². The molecule has 0 fully saturated rings. The molecule has 1 aromatic heterocycles. The van der Waals surface area contributed by atoms with E-state index in [0.29, 0.717) is 17.6 Å². The Balaban J connectivity index is 1.44. The molecule has 1 unspecified atom stereocenters. The van der Waals surface area contributed by atoms with Crippen LogP contribution >= 0.6 is 0 Å². The molecule has 0 saturated carbocycles. The van der Waals surface area contributed by atoms with Crippen LogP contribution in [-0.2, 0) is 21.4 Å². The third-order valence-electron chi connectivity index (χ3n) is 7.20. The molecule has 8 heteroatoms. The molecule has 0 bridgehead atoms. The number of allylic oxidation sites excluding steroid dienone is 1. The van der Waals surface area contributed by atoms with Gasteiger partial charge in [0.05, 0.1) is 11.8 Å². The Kier molecular flexibility index (Phi) is 8.80. The number of quaternary nitrogens is 1. The number of unbranched alkanes of at least 4 members (excludes halogenated alkanes) is 1. The number of aromatic hydroxyl groups is 1. The summed E-state index contributed by atoms with van der Waals surface area (Å²) < 4.78 is 0.294. The third kappa shape index (κ3) is 6.82. The van der Waals surface area contributed by atoms with Gasteiger partial charge in [-0.3, -0.25) is 14.6 Å². The number of carbonyl (C=O) groups is 2. The van der Waals surface area contributed by atoms with Gasteiger partial charge in [-0.15, -0.1) is 4.59 Å². The van der Waals surface area contributed by atoms with E-state index in [-0.39, 0.29) is 29.9 Å². The first-order valence-electron chi connectivity index (χ1n) is 13.6. The predicted molar refractivity (Wildman–Crippen MR) is 159 cm³/mol. The van der Waals surface area contributed by atoms with Gasteiger partial charge in [-0.1, -0.05) is 50.1 Å². The molecule has 4 N–H and O–H groups in total. The lowest BCUT2D eigenvalue weighted by molar-refractivity contribution is -0.127. The standard InChI is InChI=1S/C32H37N5O3/c1-32(2,3)25-11-13-26(14-12-25)37(29(17-19-35-37)24-7-6-18-34-22-24)20-5-4-8-30(39)36-28(31(33)40)21-23-9-15-27(38)16-10-23/h6-7,9-19,22,28H,4-5,8,20-21H2,1-3H3,(H3-,33,36,38,39,40)/p+1/t28-,37?/m0/s1. The lowest BCUT2D eigenvalue weighted by atomic mass is 9.87. The van der Waals surface area contributed by atoms with Crippen LogP contribution in [0.1, 0.15) is 56.7 Å². The van der Waals surface area contributed by atoms with Gasteiger partial charge in [-0.05, 0) is 47.2 Å². The first-order chi connectivity index (χ1) is 19.1. The summed E-state index contributed by atoms with van der Waals surface area (Å²) in [5, 5.41) is 17.2. The number of nitrogens with two attached hydrogens (primary N) is 1. The molecular formula is C32H38N5O3+. The maximum atomic E-state index is 12.8. The normalized spacial score (nSPS) is 17.3. The second kappa shape index (κ2) is 12.3. The number of rotatable bonds is 11. The highest BCUT2D eigenvalue weighted by Crippen LogP contribution is 2.39. The highest BCUT2D eigenvalue weighted by Gasteiger charge is 2.39. The minimum atomic E-state index is -0.819. The zero-order chi connectivity index (χ0) is 28.8. The van der Waals surface area contributed by atoms with Crippen molar-refractivity contribution >= 4 is 29.4 Å². The summed E-state index contributed by atoms with van der Waals surface area (Å²) in [7, 11) is 0. The molecule has 40 heavy (non-hydrogen) atoms.